The Hall–Kier alpha value is -1.24. The van der Waals surface area contributed by atoms with Crippen LogP contribution >= 0.6 is 0 Å². The molecule has 0 aliphatic heterocycles. The summed E-state index contributed by atoms with van der Waals surface area (Å²) in [6.07, 6.45) is 2.09. The average Bonchev–Trinajstić information content (AvgIpc) is 2.10. The van der Waals surface area contributed by atoms with E-state index in [0.717, 1.165) is 5.76 Å². The fourth-order valence-corrected chi connectivity index (χ4v) is 1.68. The van der Waals surface area contributed by atoms with Crippen molar-refractivity contribution in [2.45, 2.75) is 27.7 Å². The van der Waals surface area contributed by atoms with Crippen LogP contribution in [0.2, 0.25) is 0 Å². The van der Waals surface area contributed by atoms with E-state index >= 15 is 0 Å². The SMILES string of the molecule is CO/C(C)=C/c1c(C)cc(C)cc1C. The molecule has 0 saturated carbocycles. The van der Waals surface area contributed by atoms with Crippen LogP contribution in [0, 0.1) is 20.8 Å². The molecule has 0 N–H and O–H groups in total. The predicted octanol–water partition coefficient (Wildman–Crippen LogP) is 3.62. The maximum atomic E-state index is 5.16. The van der Waals surface area contributed by atoms with Crippen molar-refractivity contribution in [2.24, 2.45) is 0 Å². The Balaban J connectivity index is 3.21. The summed E-state index contributed by atoms with van der Waals surface area (Å²) in [6.45, 7) is 8.36. The number of aryl methyl sites for hydroxylation is 3. The molecule has 1 aromatic carbocycles. The van der Waals surface area contributed by atoms with Gasteiger partial charge >= 0.3 is 0 Å². The van der Waals surface area contributed by atoms with Crippen molar-refractivity contribution in [2.75, 3.05) is 7.11 Å². The monoisotopic (exact) mass is 190 g/mol. The van der Waals surface area contributed by atoms with E-state index in [2.05, 4.69) is 39.0 Å². The van der Waals surface area contributed by atoms with Crippen molar-refractivity contribution in [3.8, 4) is 0 Å². The molecule has 1 rings (SSSR count). The van der Waals surface area contributed by atoms with Gasteiger partial charge in [-0.15, -0.1) is 0 Å². The maximum Gasteiger partial charge on any atom is 0.0930 e. The molecule has 1 heteroatoms. The van der Waals surface area contributed by atoms with Gasteiger partial charge < -0.3 is 4.74 Å². The van der Waals surface area contributed by atoms with Gasteiger partial charge in [0.05, 0.1) is 12.9 Å². The third-order valence-electron chi connectivity index (χ3n) is 2.41. The number of allylic oxidation sites excluding steroid dienone is 1. The Morgan fingerprint density at radius 2 is 1.64 bits per heavy atom. The molecule has 1 nitrogen and oxygen atoms in total. The predicted molar refractivity (Wildman–Crippen MR) is 61.3 cm³/mol. The van der Waals surface area contributed by atoms with Crippen molar-refractivity contribution in [1.82, 2.24) is 0 Å². The van der Waals surface area contributed by atoms with Crippen LogP contribution < -0.4 is 0 Å². The van der Waals surface area contributed by atoms with E-state index in [1.165, 1.54) is 22.3 Å². The van der Waals surface area contributed by atoms with E-state index in [-0.39, 0.29) is 0 Å². The average molecular weight is 190 g/mol. The quantitative estimate of drug-likeness (QED) is 0.647. The fraction of sp³-hybridized carbons (Fsp3) is 0.385. The number of methoxy groups -OCH3 is 1. The van der Waals surface area contributed by atoms with Gasteiger partial charge in [-0.3, -0.25) is 0 Å². The summed E-state index contributed by atoms with van der Waals surface area (Å²) < 4.78 is 5.16. The molecular formula is C13H18O. The topological polar surface area (TPSA) is 9.23 Å². The number of hydrogen-bond donors (Lipinski definition) is 0. The van der Waals surface area contributed by atoms with Crippen molar-refractivity contribution in [3.63, 3.8) is 0 Å². The lowest BCUT2D eigenvalue weighted by Crippen LogP contribution is -1.90. The molecule has 1 aromatic rings. The number of benzene rings is 1. The van der Waals surface area contributed by atoms with E-state index < -0.39 is 0 Å². The summed E-state index contributed by atoms with van der Waals surface area (Å²) in [6, 6.07) is 4.39. The van der Waals surface area contributed by atoms with Gasteiger partial charge in [-0.2, -0.15) is 0 Å². The highest BCUT2D eigenvalue weighted by Gasteiger charge is 2.01. The van der Waals surface area contributed by atoms with Gasteiger partial charge in [0.15, 0.2) is 0 Å². The highest BCUT2D eigenvalue weighted by Crippen LogP contribution is 2.19. The standard InChI is InChI=1S/C13H18O/c1-9-6-10(2)13(11(3)7-9)8-12(4)14-5/h6-8H,1-5H3/b12-8+. The van der Waals surface area contributed by atoms with Crippen LogP contribution in [-0.4, -0.2) is 7.11 Å². The lowest BCUT2D eigenvalue weighted by atomic mass is 9.99. The molecule has 0 atom stereocenters. The van der Waals surface area contributed by atoms with Crippen molar-refractivity contribution in [3.05, 3.63) is 40.1 Å². The molecule has 0 fully saturated rings. The van der Waals surface area contributed by atoms with Crippen LogP contribution in [0.4, 0.5) is 0 Å². The van der Waals surface area contributed by atoms with Crippen LogP contribution in [-0.2, 0) is 4.74 Å². The summed E-state index contributed by atoms with van der Waals surface area (Å²) in [5, 5.41) is 0. The molecule has 0 spiro atoms. The zero-order valence-electron chi connectivity index (χ0n) is 9.64. The Morgan fingerprint density at radius 1 is 1.14 bits per heavy atom. The third-order valence-corrected chi connectivity index (χ3v) is 2.41. The van der Waals surface area contributed by atoms with E-state index in [4.69, 9.17) is 4.74 Å². The second kappa shape index (κ2) is 4.32. The van der Waals surface area contributed by atoms with E-state index in [0.29, 0.717) is 0 Å². The van der Waals surface area contributed by atoms with Gasteiger partial charge in [0, 0.05) is 0 Å². The summed E-state index contributed by atoms with van der Waals surface area (Å²) in [5.41, 5.74) is 5.19. The normalized spacial score (nSPS) is 11.6. The van der Waals surface area contributed by atoms with Gasteiger partial charge in [0.2, 0.25) is 0 Å². The molecule has 0 heterocycles. The van der Waals surface area contributed by atoms with Crippen molar-refractivity contribution in [1.29, 1.82) is 0 Å². The van der Waals surface area contributed by atoms with E-state index in [9.17, 15) is 0 Å². The first-order valence-corrected chi connectivity index (χ1v) is 4.84. The van der Waals surface area contributed by atoms with Crippen LogP contribution in [0.15, 0.2) is 17.9 Å². The third kappa shape index (κ3) is 2.38. The van der Waals surface area contributed by atoms with Crippen molar-refractivity contribution < 1.29 is 4.74 Å². The van der Waals surface area contributed by atoms with Gasteiger partial charge in [-0.05, 0) is 50.5 Å². The minimum atomic E-state index is 0.944. The Labute approximate surface area is 86.4 Å². The summed E-state index contributed by atoms with van der Waals surface area (Å²) in [4.78, 5) is 0. The molecule has 0 aromatic heterocycles. The fourth-order valence-electron chi connectivity index (χ4n) is 1.68. The van der Waals surface area contributed by atoms with E-state index in [1.54, 1.807) is 7.11 Å². The molecule has 0 aliphatic rings. The first-order valence-electron chi connectivity index (χ1n) is 4.84. The highest BCUT2D eigenvalue weighted by atomic mass is 16.5. The molecule has 0 saturated heterocycles. The lowest BCUT2D eigenvalue weighted by molar-refractivity contribution is 0.297. The maximum absolute atomic E-state index is 5.16. The minimum absolute atomic E-state index is 0.944. The molecular weight excluding hydrogens is 172 g/mol. The van der Waals surface area contributed by atoms with Crippen molar-refractivity contribution >= 4 is 6.08 Å². The molecule has 14 heavy (non-hydrogen) atoms. The first-order chi connectivity index (χ1) is 6.54. The molecule has 0 unspecified atom stereocenters. The molecule has 76 valence electrons. The van der Waals surface area contributed by atoms with Crippen LogP contribution in [0.3, 0.4) is 0 Å². The van der Waals surface area contributed by atoms with E-state index in [1.807, 2.05) is 6.92 Å². The van der Waals surface area contributed by atoms with Gasteiger partial charge in [0.1, 0.15) is 0 Å². The summed E-state index contributed by atoms with van der Waals surface area (Å²) in [7, 11) is 1.70. The lowest BCUT2D eigenvalue weighted by Gasteiger charge is -2.08. The minimum Gasteiger partial charge on any atom is -0.501 e. The smallest absolute Gasteiger partial charge is 0.0930 e. The first kappa shape index (κ1) is 10.8. The second-order valence-electron chi connectivity index (χ2n) is 3.77. The van der Waals surface area contributed by atoms with Gasteiger partial charge in [-0.25, -0.2) is 0 Å². The van der Waals surface area contributed by atoms with Gasteiger partial charge in [-0.1, -0.05) is 17.7 Å². The Bertz CT molecular complexity index is 338. The molecule has 0 bridgehead atoms. The van der Waals surface area contributed by atoms with Gasteiger partial charge in [0.25, 0.3) is 0 Å². The summed E-state index contributed by atoms with van der Waals surface area (Å²) >= 11 is 0. The highest BCUT2D eigenvalue weighted by molar-refractivity contribution is 5.59. The summed E-state index contributed by atoms with van der Waals surface area (Å²) in [5.74, 6) is 0.944. The van der Waals surface area contributed by atoms with Crippen LogP contribution in [0.25, 0.3) is 6.08 Å². The largest absolute Gasteiger partial charge is 0.501 e. The molecule has 0 radical (unpaired) electrons. The number of rotatable bonds is 2. The second-order valence-corrected chi connectivity index (χ2v) is 3.77. The number of ether oxygens (including phenoxy) is 1. The number of hydrogen-bond acceptors (Lipinski definition) is 1. The zero-order chi connectivity index (χ0) is 10.7. The Kier molecular flexibility index (Phi) is 3.34. The molecule has 0 aliphatic carbocycles. The molecule has 0 amide bonds. The Morgan fingerprint density at radius 3 is 2.07 bits per heavy atom. The van der Waals surface area contributed by atoms with Crippen LogP contribution in [0.5, 0.6) is 0 Å². The zero-order valence-corrected chi connectivity index (χ0v) is 9.64. The van der Waals surface area contributed by atoms with Crippen LogP contribution in [0.1, 0.15) is 29.2 Å².